The van der Waals surface area contributed by atoms with E-state index in [0.29, 0.717) is 10.8 Å². The Kier molecular flexibility index (Phi) is 5.67. The third-order valence-corrected chi connectivity index (χ3v) is 4.95. The van der Waals surface area contributed by atoms with Crippen LogP contribution in [-0.2, 0) is 6.54 Å². The Morgan fingerprint density at radius 1 is 1.00 bits per heavy atom. The molecule has 4 rings (SSSR count). The number of nitrogens with zero attached hydrogens (tertiary/aromatic N) is 3. The van der Waals surface area contributed by atoms with Gasteiger partial charge in [-0.2, -0.15) is 10.2 Å². The van der Waals surface area contributed by atoms with Crippen molar-refractivity contribution in [3.05, 3.63) is 100.0 Å². The van der Waals surface area contributed by atoms with Crippen molar-refractivity contribution in [2.75, 3.05) is 0 Å². The van der Waals surface area contributed by atoms with Crippen LogP contribution in [0.15, 0.2) is 82.7 Å². The maximum Gasteiger partial charge on any atom is 0.292 e. The van der Waals surface area contributed by atoms with E-state index in [2.05, 4.69) is 15.6 Å². The summed E-state index contributed by atoms with van der Waals surface area (Å²) in [6.07, 6.45) is 0. The fraction of sp³-hybridized carbons (Fsp3) is 0.0833. The highest BCUT2D eigenvalue weighted by atomic mass is 16.3. The quantitative estimate of drug-likeness (QED) is 0.257. The van der Waals surface area contributed by atoms with Crippen LogP contribution in [0.5, 0.6) is 11.5 Å². The molecule has 8 nitrogen and oxygen atoms in total. The third kappa shape index (κ3) is 4.20. The highest BCUT2D eigenvalue weighted by Crippen LogP contribution is 2.22. The molecule has 3 N–H and O–H groups in total. The van der Waals surface area contributed by atoms with E-state index in [1.165, 1.54) is 22.9 Å². The number of benzene rings is 3. The van der Waals surface area contributed by atoms with E-state index in [9.17, 15) is 19.8 Å². The number of hydrazone groups is 1. The minimum absolute atomic E-state index is 0.0423. The van der Waals surface area contributed by atoms with Gasteiger partial charge in [-0.3, -0.25) is 9.59 Å². The van der Waals surface area contributed by atoms with Gasteiger partial charge in [-0.15, -0.1) is 0 Å². The molecular formula is C24H20N4O4. The molecule has 0 fully saturated rings. The van der Waals surface area contributed by atoms with Gasteiger partial charge in [0.1, 0.15) is 11.5 Å². The average molecular weight is 428 g/mol. The van der Waals surface area contributed by atoms with Crippen LogP contribution in [0.1, 0.15) is 28.5 Å². The molecule has 1 amide bonds. The smallest absolute Gasteiger partial charge is 0.292 e. The van der Waals surface area contributed by atoms with Crippen LogP contribution in [0, 0.1) is 0 Å². The number of aromatic hydroxyl groups is 2. The van der Waals surface area contributed by atoms with Crippen LogP contribution in [-0.4, -0.2) is 31.6 Å². The van der Waals surface area contributed by atoms with Gasteiger partial charge in [0.15, 0.2) is 5.69 Å². The molecule has 160 valence electrons. The second-order valence-corrected chi connectivity index (χ2v) is 7.18. The number of hydrogen-bond donors (Lipinski definition) is 3. The molecule has 32 heavy (non-hydrogen) atoms. The van der Waals surface area contributed by atoms with E-state index >= 15 is 0 Å². The molecular weight excluding hydrogens is 408 g/mol. The summed E-state index contributed by atoms with van der Waals surface area (Å²) in [6, 6.07) is 20.1. The summed E-state index contributed by atoms with van der Waals surface area (Å²) >= 11 is 0. The number of carbonyl (C=O) groups excluding carboxylic acids is 1. The zero-order valence-electron chi connectivity index (χ0n) is 17.2. The molecule has 0 atom stereocenters. The second-order valence-electron chi connectivity index (χ2n) is 7.18. The lowest BCUT2D eigenvalue weighted by Gasteiger charge is -2.11. The van der Waals surface area contributed by atoms with Crippen molar-refractivity contribution < 1.29 is 15.0 Å². The molecule has 8 heteroatoms. The van der Waals surface area contributed by atoms with Gasteiger partial charge >= 0.3 is 0 Å². The van der Waals surface area contributed by atoms with E-state index in [-0.39, 0.29) is 40.6 Å². The number of aromatic nitrogens is 2. The molecule has 0 aliphatic rings. The first-order valence-electron chi connectivity index (χ1n) is 9.85. The Morgan fingerprint density at radius 2 is 1.69 bits per heavy atom. The van der Waals surface area contributed by atoms with Gasteiger partial charge in [0.25, 0.3) is 11.5 Å². The van der Waals surface area contributed by atoms with Crippen LogP contribution in [0.25, 0.3) is 10.8 Å². The van der Waals surface area contributed by atoms with E-state index < -0.39 is 5.91 Å². The van der Waals surface area contributed by atoms with Crippen molar-refractivity contribution in [1.82, 2.24) is 15.2 Å². The SMILES string of the molecule is C/C(=N\NC(=O)c1nn(Cc2ccccc2)c(=O)c2ccccc12)c1cc(O)ccc1O. The van der Waals surface area contributed by atoms with Crippen molar-refractivity contribution in [3.8, 4) is 11.5 Å². The lowest BCUT2D eigenvalue weighted by molar-refractivity contribution is 0.0949. The number of carbonyl (C=O) groups is 1. The maximum absolute atomic E-state index is 13.0. The number of phenolic OH excluding ortho intramolecular Hbond substituents is 2. The van der Waals surface area contributed by atoms with Gasteiger partial charge in [-0.05, 0) is 36.8 Å². The molecule has 0 radical (unpaired) electrons. The predicted octanol–water partition coefficient (Wildman–Crippen LogP) is 3.01. The Balaban J connectivity index is 1.71. The van der Waals surface area contributed by atoms with E-state index in [1.807, 2.05) is 30.3 Å². The standard InChI is InChI=1S/C24H20N4O4/c1-15(20-13-17(29)11-12-21(20)30)25-26-23(31)22-18-9-5-6-10-19(18)24(32)28(27-22)14-16-7-3-2-4-8-16/h2-13,29-30H,14H2,1H3,(H,26,31)/b25-15+. The van der Waals surface area contributed by atoms with E-state index in [1.54, 1.807) is 31.2 Å². The molecule has 0 saturated heterocycles. The number of rotatable bonds is 5. The van der Waals surface area contributed by atoms with Crippen LogP contribution < -0.4 is 11.0 Å². The largest absolute Gasteiger partial charge is 0.508 e. The fourth-order valence-corrected chi connectivity index (χ4v) is 3.33. The zero-order chi connectivity index (χ0) is 22.7. The minimum atomic E-state index is -0.609. The Bertz CT molecular complexity index is 1390. The molecule has 0 saturated carbocycles. The van der Waals surface area contributed by atoms with Crippen LogP contribution in [0.2, 0.25) is 0 Å². The Hall–Kier alpha value is -4.46. The fourth-order valence-electron chi connectivity index (χ4n) is 3.33. The van der Waals surface area contributed by atoms with Crippen molar-refractivity contribution in [3.63, 3.8) is 0 Å². The van der Waals surface area contributed by atoms with Gasteiger partial charge in [0.05, 0.1) is 17.6 Å². The van der Waals surface area contributed by atoms with E-state index in [0.717, 1.165) is 5.56 Å². The third-order valence-electron chi connectivity index (χ3n) is 4.95. The first kappa shape index (κ1) is 20.8. The number of nitrogens with one attached hydrogen (secondary N) is 1. The molecule has 0 aliphatic heterocycles. The summed E-state index contributed by atoms with van der Waals surface area (Å²) < 4.78 is 1.25. The van der Waals surface area contributed by atoms with Crippen LogP contribution in [0.3, 0.4) is 0 Å². The summed E-state index contributed by atoms with van der Waals surface area (Å²) in [5, 5.41) is 28.7. The number of hydrogen-bond acceptors (Lipinski definition) is 6. The lowest BCUT2D eigenvalue weighted by Crippen LogP contribution is -2.29. The molecule has 4 aromatic rings. The summed E-state index contributed by atoms with van der Waals surface area (Å²) in [4.78, 5) is 25.9. The minimum Gasteiger partial charge on any atom is -0.508 e. The number of phenols is 2. The number of fused-ring (bicyclic) bond motifs is 1. The summed E-state index contributed by atoms with van der Waals surface area (Å²) in [7, 11) is 0. The molecule has 3 aromatic carbocycles. The topological polar surface area (TPSA) is 117 Å². The molecule has 0 bridgehead atoms. The van der Waals surface area contributed by atoms with Gasteiger partial charge in [-0.25, -0.2) is 10.1 Å². The second kappa shape index (κ2) is 8.73. The van der Waals surface area contributed by atoms with Crippen molar-refractivity contribution in [1.29, 1.82) is 0 Å². The normalized spacial score (nSPS) is 11.5. The van der Waals surface area contributed by atoms with Crippen molar-refractivity contribution in [2.24, 2.45) is 5.10 Å². The molecule has 0 unspecified atom stereocenters. The average Bonchev–Trinajstić information content (AvgIpc) is 2.81. The van der Waals surface area contributed by atoms with Crippen molar-refractivity contribution in [2.45, 2.75) is 13.5 Å². The lowest BCUT2D eigenvalue weighted by atomic mass is 10.1. The van der Waals surface area contributed by atoms with Gasteiger partial charge < -0.3 is 10.2 Å². The van der Waals surface area contributed by atoms with E-state index in [4.69, 9.17) is 0 Å². The van der Waals surface area contributed by atoms with Crippen molar-refractivity contribution >= 4 is 22.4 Å². The number of amides is 1. The Labute approximate surface area is 183 Å². The summed E-state index contributed by atoms with van der Waals surface area (Å²) in [6.45, 7) is 1.79. The highest BCUT2D eigenvalue weighted by Gasteiger charge is 2.17. The highest BCUT2D eigenvalue weighted by molar-refractivity contribution is 6.06. The monoisotopic (exact) mass is 428 g/mol. The first-order chi connectivity index (χ1) is 15.4. The van der Waals surface area contributed by atoms with Crippen LogP contribution >= 0.6 is 0 Å². The summed E-state index contributed by atoms with van der Waals surface area (Å²) in [5.74, 6) is -0.736. The van der Waals surface area contributed by atoms with Gasteiger partial charge in [0.2, 0.25) is 0 Å². The van der Waals surface area contributed by atoms with Crippen LogP contribution in [0.4, 0.5) is 0 Å². The van der Waals surface area contributed by atoms with Gasteiger partial charge in [-0.1, -0.05) is 48.5 Å². The molecule has 0 aliphatic carbocycles. The zero-order valence-corrected chi connectivity index (χ0v) is 17.2. The molecule has 1 heterocycles. The maximum atomic E-state index is 13.0. The first-order valence-corrected chi connectivity index (χ1v) is 9.85. The predicted molar refractivity (Wildman–Crippen MR) is 121 cm³/mol. The molecule has 1 aromatic heterocycles. The van der Waals surface area contributed by atoms with Gasteiger partial charge in [0, 0.05) is 10.9 Å². The summed E-state index contributed by atoms with van der Waals surface area (Å²) in [5.41, 5.74) is 3.61. The Morgan fingerprint density at radius 3 is 2.44 bits per heavy atom. The molecule has 0 spiro atoms.